The Labute approximate surface area is 63.4 Å². The number of rotatable bonds is 2. The molecular weight excluding hydrogens is 144 g/mol. The van der Waals surface area contributed by atoms with Crippen LogP contribution < -0.4 is 5.73 Å². The number of hydrogen-bond acceptors (Lipinski definition) is 5. The van der Waals surface area contributed by atoms with Crippen LogP contribution in [0.15, 0.2) is 15.7 Å². The van der Waals surface area contributed by atoms with Gasteiger partial charge in [0, 0.05) is 0 Å². The van der Waals surface area contributed by atoms with Crippen molar-refractivity contribution in [2.45, 2.75) is 6.92 Å². The molecule has 0 aliphatic rings. The van der Waals surface area contributed by atoms with Crippen LogP contribution in [0, 0.1) is 5.53 Å². The van der Waals surface area contributed by atoms with Gasteiger partial charge in [-0.1, -0.05) is 11.2 Å². The summed E-state index contributed by atoms with van der Waals surface area (Å²) in [6, 6.07) is 0. The molecule has 0 spiro atoms. The van der Waals surface area contributed by atoms with Gasteiger partial charge in [0.1, 0.15) is 5.69 Å². The summed E-state index contributed by atoms with van der Waals surface area (Å²) in [5.41, 5.74) is 12.8. The van der Waals surface area contributed by atoms with E-state index in [1.54, 1.807) is 12.2 Å². The summed E-state index contributed by atoms with van der Waals surface area (Å²) in [6.45, 7) is 1.83. The number of hydrogen-bond donors (Lipinski definition) is 2. The standard InChI is InChI=1S/C6H8N4O/c1-2-3-4-5(9-8)6(7)11-10-4/h2-3,8H,7H2,1H3/b3-2-,9-8?. The van der Waals surface area contributed by atoms with Gasteiger partial charge in [0.15, 0.2) is 5.69 Å². The van der Waals surface area contributed by atoms with Crippen molar-refractivity contribution in [2.24, 2.45) is 5.11 Å². The summed E-state index contributed by atoms with van der Waals surface area (Å²) in [7, 11) is 0. The van der Waals surface area contributed by atoms with Crippen molar-refractivity contribution in [3.8, 4) is 0 Å². The summed E-state index contributed by atoms with van der Waals surface area (Å²) in [5.74, 6) is 0.0769. The highest BCUT2D eigenvalue weighted by atomic mass is 16.5. The van der Waals surface area contributed by atoms with Gasteiger partial charge in [0.25, 0.3) is 5.88 Å². The van der Waals surface area contributed by atoms with Crippen molar-refractivity contribution in [1.82, 2.24) is 5.16 Å². The third-order valence-electron chi connectivity index (χ3n) is 1.15. The zero-order chi connectivity index (χ0) is 8.27. The van der Waals surface area contributed by atoms with E-state index in [0.717, 1.165) is 0 Å². The lowest BCUT2D eigenvalue weighted by atomic mass is 10.3. The first-order chi connectivity index (χ1) is 5.29. The fourth-order valence-corrected chi connectivity index (χ4v) is 0.691. The Morgan fingerprint density at radius 1 is 1.73 bits per heavy atom. The van der Waals surface area contributed by atoms with Gasteiger partial charge in [-0.05, 0) is 13.0 Å². The van der Waals surface area contributed by atoms with Gasteiger partial charge in [0.05, 0.1) is 0 Å². The molecular formula is C6H8N4O. The summed E-state index contributed by atoms with van der Waals surface area (Å²) in [5, 5.41) is 6.74. The number of anilines is 1. The van der Waals surface area contributed by atoms with Crippen LogP contribution in [0.2, 0.25) is 0 Å². The third-order valence-corrected chi connectivity index (χ3v) is 1.15. The van der Waals surface area contributed by atoms with Crippen LogP contribution in [0.4, 0.5) is 11.6 Å². The maximum atomic E-state index is 6.73. The minimum Gasteiger partial charge on any atom is -0.366 e. The van der Waals surface area contributed by atoms with E-state index < -0.39 is 0 Å². The average Bonchev–Trinajstić information content (AvgIpc) is 2.33. The van der Waals surface area contributed by atoms with Gasteiger partial charge in [-0.15, -0.1) is 0 Å². The highest BCUT2D eigenvalue weighted by Gasteiger charge is 2.08. The van der Waals surface area contributed by atoms with Gasteiger partial charge < -0.3 is 10.3 Å². The van der Waals surface area contributed by atoms with Gasteiger partial charge in [-0.2, -0.15) is 5.11 Å². The Kier molecular flexibility index (Phi) is 2.00. The fourth-order valence-electron chi connectivity index (χ4n) is 0.691. The molecule has 1 heterocycles. The zero-order valence-corrected chi connectivity index (χ0v) is 6.03. The van der Waals surface area contributed by atoms with Crippen LogP contribution >= 0.6 is 0 Å². The molecule has 3 N–H and O–H groups in total. The lowest BCUT2D eigenvalue weighted by Crippen LogP contribution is -1.78. The van der Waals surface area contributed by atoms with Gasteiger partial charge in [-0.25, -0.2) is 5.53 Å². The quantitative estimate of drug-likeness (QED) is 0.634. The zero-order valence-electron chi connectivity index (χ0n) is 6.03. The van der Waals surface area contributed by atoms with Crippen LogP contribution in [-0.4, -0.2) is 5.16 Å². The van der Waals surface area contributed by atoms with Crippen LogP contribution in [0.1, 0.15) is 12.6 Å². The minimum atomic E-state index is 0.0769. The van der Waals surface area contributed by atoms with E-state index >= 15 is 0 Å². The highest BCUT2D eigenvalue weighted by molar-refractivity contribution is 5.68. The highest BCUT2D eigenvalue weighted by Crippen LogP contribution is 2.26. The fraction of sp³-hybridized carbons (Fsp3) is 0.167. The summed E-state index contributed by atoms with van der Waals surface area (Å²) < 4.78 is 4.60. The smallest absolute Gasteiger partial charge is 0.250 e. The number of nitrogens with zero attached hydrogens (tertiary/aromatic N) is 2. The number of nitrogens with one attached hydrogen (secondary N) is 1. The van der Waals surface area contributed by atoms with E-state index in [1.165, 1.54) is 0 Å². The predicted molar refractivity (Wildman–Crippen MR) is 40.4 cm³/mol. The molecule has 58 valence electrons. The van der Waals surface area contributed by atoms with E-state index in [4.69, 9.17) is 11.3 Å². The molecule has 1 aromatic heterocycles. The Morgan fingerprint density at radius 3 is 3.00 bits per heavy atom. The van der Waals surface area contributed by atoms with Crippen molar-refractivity contribution < 1.29 is 4.52 Å². The monoisotopic (exact) mass is 152 g/mol. The summed E-state index contributed by atoms with van der Waals surface area (Å²) in [6.07, 6.45) is 3.44. The molecule has 0 radical (unpaired) electrons. The van der Waals surface area contributed by atoms with E-state index in [0.29, 0.717) is 5.69 Å². The minimum absolute atomic E-state index is 0.0769. The molecule has 0 fully saturated rings. The number of nitrogens with two attached hydrogens (primary N) is 1. The molecule has 0 aliphatic carbocycles. The largest absolute Gasteiger partial charge is 0.366 e. The normalized spacial score (nSPS) is 10.6. The second-order valence-corrected chi connectivity index (χ2v) is 1.89. The molecule has 0 saturated carbocycles. The lowest BCUT2D eigenvalue weighted by molar-refractivity contribution is 0.435. The second kappa shape index (κ2) is 2.96. The van der Waals surface area contributed by atoms with Crippen molar-refractivity contribution in [1.29, 1.82) is 5.53 Å². The number of aromatic nitrogens is 1. The van der Waals surface area contributed by atoms with Crippen LogP contribution in [-0.2, 0) is 0 Å². The molecule has 0 amide bonds. The van der Waals surface area contributed by atoms with Crippen LogP contribution in [0.25, 0.3) is 6.08 Å². The molecule has 0 bridgehead atoms. The second-order valence-electron chi connectivity index (χ2n) is 1.89. The van der Waals surface area contributed by atoms with Crippen LogP contribution in [0.5, 0.6) is 0 Å². The van der Waals surface area contributed by atoms with Crippen LogP contribution in [0.3, 0.4) is 0 Å². The summed E-state index contributed by atoms with van der Waals surface area (Å²) >= 11 is 0. The topological polar surface area (TPSA) is 88.3 Å². The molecule has 5 heteroatoms. The molecule has 0 atom stereocenters. The van der Waals surface area contributed by atoms with Crippen molar-refractivity contribution in [3.63, 3.8) is 0 Å². The first-order valence-electron chi connectivity index (χ1n) is 3.05. The molecule has 0 unspecified atom stereocenters. The first kappa shape index (κ1) is 7.46. The molecule has 11 heavy (non-hydrogen) atoms. The predicted octanol–water partition coefficient (Wildman–Crippen LogP) is 1.95. The van der Waals surface area contributed by atoms with E-state index in [-0.39, 0.29) is 11.6 Å². The lowest BCUT2D eigenvalue weighted by Gasteiger charge is -1.83. The third kappa shape index (κ3) is 1.26. The Morgan fingerprint density at radius 2 is 2.45 bits per heavy atom. The van der Waals surface area contributed by atoms with Gasteiger partial charge >= 0.3 is 0 Å². The van der Waals surface area contributed by atoms with Gasteiger partial charge in [-0.3, -0.25) is 0 Å². The molecule has 1 rings (SSSR count). The maximum Gasteiger partial charge on any atom is 0.250 e. The SMILES string of the molecule is C/C=C\c1noc(N)c1N=N. The average molecular weight is 152 g/mol. The molecule has 5 nitrogen and oxygen atoms in total. The van der Waals surface area contributed by atoms with E-state index in [9.17, 15) is 0 Å². The van der Waals surface area contributed by atoms with Gasteiger partial charge in [0.2, 0.25) is 0 Å². The Bertz CT molecular complexity index is 289. The molecule has 0 saturated heterocycles. The Hall–Kier alpha value is -1.65. The molecule has 0 aliphatic heterocycles. The Balaban J connectivity index is 3.15. The molecule has 0 aromatic carbocycles. The van der Waals surface area contributed by atoms with Crippen molar-refractivity contribution in [3.05, 3.63) is 11.8 Å². The van der Waals surface area contributed by atoms with Crippen molar-refractivity contribution in [2.75, 3.05) is 5.73 Å². The maximum absolute atomic E-state index is 6.73. The molecule has 1 aromatic rings. The number of nitrogen functional groups attached to an aromatic ring is 1. The van der Waals surface area contributed by atoms with Crippen molar-refractivity contribution >= 4 is 17.6 Å². The van der Waals surface area contributed by atoms with E-state index in [2.05, 4.69) is 14.8 Å². The van der Waals surface area contributed by atoms with E-state index in [1.807, 2.05) is 6.92 Å². The number of allylic oxidation sites excluding steroid dienone is 1. The first-order valence-corrected chi connectivity index (χ1v) is 3.05. The summed E-state index contributed by atoms with van der Waals surface area (Å²) in [4.78, 5) is 0.